The quantitative estimate of drug-likeness (QED) is 0.850. The van der Waals surface area contributed by atoms with Crippen molar-refractivity contribution in [3.8, 4) is 0 Å². The van der Waals surface area contributed by atoms with Gasteiger partial charge in [-0.3, -0.25) is 4.98 Å². The zero-order chi connectivity index (χ0) is 12.4. The Bertz CT molecular complexity index is 525. The first-order chi connectivity index (χ1) is 8.83. The second kappa shape index (κ2) is 4.94. The lowest BCUT2D eigenvalue weighted by molar-refractivity contribution is 0.411. The maximum atomic E-state index is 5.94. The highest BCUT2D eigenvalue weighted by atomic mass is 14.9. The second-order valence-corrected chi connectivity index (χ2v) is 5.14. The highest BCUT2D eigenvalue weighted by Gasteiger charge is 2.18. The van der Waals surface area contributed by atoms with Gasteiger partial charge in [-0.15, -0.1) is 0 Å². The van der Waals surface area contributed by atoms with Crippen LogP contribution in [0.2, 0.25) is 0 Å². The van der Waals surface area contributed by atoms with E-state index in [-0.39, 0.29) is 0 Å². The van der Waals surface area contributed by atoms with E-state index in [4.69, 9.17) is 5.73 Å². The molecule has 2 aromatic rings. The van der Waals surface area contributed by atoms with Crippen LogP contribution in [0.15, 0.2) is 36.5 Å². The highest BCUT2D eigenvalue weighted by molar-refractivity contribution is 5.90. The number of pyridine rings is 1. The molecule has 1 aliphatic carbocycles. The zero-order valence-corrected chi connectivity index (χ0v) is 10.5. The molecule has 1 aliphatic rings. The molecule has 0 spiro atoms. The van der Waals surface area contributed by atoms with Gasteiger partial charge < -0.3 is 11.1 Å². The monoisotopic (exact) mass is 241 g/mol. The van der Waals surface area contributed by atoms with Crippen molar-refractivity contribution < 1.29 is 0 Å². The van der Waals surface area contributed by atoms with E-state index in [0.717, 1.165) is 36.9 Å². The van der Waals surface area contributed by atoms with Crippen molar-refractivity contribution in [2.45, 2.75) is 37.8 Å². The molecule has 0 bridgehead atoms. The number of nitrogens with zero attached hydrogens (tertiary/aromatic N) is 1. The van der Waals surface area contributed by atoms with E-state index >= 15 is 0 Å². The Kier molecular flexibility index (Phi) is 3.15. The number of anilines is 1. The van der Waals surface area contributed by atoms with Crippen molar-refractivity contribution in [2.75, 3.05) is 5.32 Å². The molecule has 3 heteroatoms. The van der Waals surface area contributed by atoms with Gasteiger partial charge in [0.05, 0.1) is 11.2 Å². The van der Waals surface area contributed by atoms with Crippen LogP contribution in [0.5, 0.6) is 0 Å². The minimum Gasteiger partial charge on any atom is -0.381 e. The summed E-state index contributed by atoms with van der Waals surface area (Å²) < 4.78 is 0. The minimum absolute atomic E-state index is 0.397. The van der Waals surface area contributed by atoms with E-state index in [1.807, 2.05) is 12.3 Å². The summed E-state index contributed by atoms with van der Waals surface area (Å²) in [5.74, 6) is 0. The summed E-state index contributed by atoms with van der Waals surface area (Å²) in [5, 5.41) is 4.82. The van der Waals surface area contributed by atoms with Gasteiger partial charge in [0.15, 0.2) is 0 Å². The summed E-state index contributed by atoms with van der Waals surface area (Å²) in [6.45, 7) is 0. The van der Waals surface area contributed by atoms with Gasteiger partial charge in [0, 0.05) is 23.7 Å². The van der Waals surface area contributed by atoms with Crippen LogP contribution in [0.25, 0.3) is 10.9 Å². The number of hydrogen-bond donors (Lipinski definition) is 2. The van der Waals surface area contributed by atoms with Crippen molar-refractivity contribution in [3.05, 3.63) is 36.5 Å². The number of rotatable bonds is 2. The van der Waals surface area contributed by atoms with Gasteiger partial charge in [0.25, 0.3) is 0 Å². The van der Waals surface area contributed by atoms with Crippen LogP contribution in [0.1, 0.15) is 25.7 Å². The molecule has 1 saturated carbocycles. The summed E-state index contributed by atoms with van der Waals surface area (Å²) in [4.78, 5) is 4.47. The molecule has 0 unspecified atom stereocenters. The minimum atomic E-state index is 0.397. The number of nitrogens with two attached hydrogens (primary N) is 1. The lowest BCUT2D eigenvalue weighted by atomic mass is 9.91. The smallest absolute Gasteiger partial charge is 0.0933 e. The molecule has 3 N–H and O–H groups in total. The number of benzene rings is 1. The maximum Gasteiger partial charge on any atom is 0.0933 e. The van der Waals surface area contributed by atoms with Crippen molar-refractivity contribution in [1.29, 1.82) is 0 Å². The molecule has 1 aromatic heterocycles. The predicted octanol–water partition coefficient (Wildman–Crippen LogP) is 2.92. The van der Waals surface area contributed by atoms with Crippen molar-refractivity contribution >= 4 is 16.6 Å². The number of hydrogen-bond acceptors (Lipinski definition) is 3. The van der Waals surface area contributed by atoms with Crippen molar-refractivity contribution in [3.63, 3.8) is 0 Å². The number of fused-ring (bicyclic) bond motifs is 1. The third-order valence-corrected chi connectivity index (χ3v) is 3.76. The average molecular weight is 241 g/mol. The van der Waals surface area contributed by atoms with E-state index < -0.39 is 0 Å². The van der Waals surface area contributed by atoms with Crippen LogP contribution in [0, 0.1) is 0 Å². The SMILES string of the molecule is NC1CCC(Nc2cccc3cccnc23)CC1. The van der Waals surface area contributed by atoms with E-state index in [2.05, 4.69) is 34.6 Å². The fourth-order valence-corrected chi connectivity index (χ4v) is 2.70. The molecule has 94 valence electrons. The van der Waals surface area contributed by atoms with Crippen LogP contribution >= 0.6 is 0 Å². The molecule has 0 saturated heterocycles. The van der Waals surface area contributed by atoms with Crippen LogP contribution in [0.4, 0.5) is 5.69 Å². The standard InChI is InChI=1S/C15H19N3/c16-12-6-8-13(9-7-12)18-14-5-1-3-11-4-2-10-17-15(11)14/h1-5,10,12-13,18H,6-9,16H2. The van der Waals surface area contributed by atoms with Gasteiger partial charge in [-0.1, -0.05) is 18.2 Å². The molecule has 1 heterocycles. The van der Waals surface area contributed by atoms with Crippen LogP contribution in [-0.4, -0.2) is 17.1 Å². The summed E-state index contributed by atoms with van der Waals surface area (Å²) in [6, 6.07) is 11.3. The number of para-hydroxylation sites is 1. The topological polar surface area (TPSA) is 50.9 Å². The maximum absolute atomic E-state index is 5.94. The second-order valence-electron chi connectivity index (χ2n) is 5.14. The normalized spacial score (nSPS) is 24.1. The van der Waals surface area contributed by atoms with Gasteiger partial charge in [-0.2, -0.15) is 0 Å². The summed E-state index contributed by atoms with van der Waals surface area (Å²) >= 11 is 0. The lowest BCUT2D eigenvalue weighted by Crippen LogP contribution is -2.32. The third kappa shape index (κ3) is 2.31. The van der Waals surface area contributed by atoms with Gasteiger partial charge in [-0.25, -0.2) is 0 Å². The molecule has 0 amide bonds. The average Bonchev–Trinajstić information content (AvgIpc) is 2.42. The molecule has 0 atom stereocenters. The molecule has 0 radical (unpaired) electrons. The third-order valence-electron chi connectivity index (χ3n) is 3.76. The van der Waals surface area contributed by atoms with Gasteiger partial charge in [-0.05, 0) is 37.8 Å². The lowest BCUT2D eigenvalue weighted by Gasteiger charge is -2.27. The Labute approximate surface area is 107 Å². The van der Waals surface area contributed by atoms with E-state index in [1.54, 1.807) is 0 Å². The van der Waals surface area contributed by atoms with Gasteiger partial charge in [0.2, 0.25) is 0 Å². The summed E-state index contributed by atoms with van der Waals surface area (Å²) in [6.07, 6.45) is 6.41. The summed E-state index contributed by atoms with van der Waals surface area (Å²) in [7, 11) is 0. The van der Waals surface area contributed by atoms with Gasteiger partial charge >= 0.3 is 0 Å². The Morgan fingerprint density at radius 3 is 2.67 bits per heavy atom. The van der Waals surface area contributed by atoms with Crippen LogP contribution < -0.4 is 11.1 Å². The van der Waals surface area contributed by atoms with E-state index in [9.17, 15) is 0 Å². The molecule has 3 rings (SSSR count). The largest absolute Gasteiger partial charge is 0.381 e. The highest BCUT2D eigenvalue weighted by Crippen LogP contribution is 2.25. The zero-order valence-electron chi connectivity index (χ0n) is 10.5. The van der Waals surface area contributed by atoms with Crippen molar-refractivity contribution in [2.24, 2.45) is 5.73 Å². The molecule has 3 nitrogen and oxygen atoms in total. The van der Waals surface area contributed by atoms with Gasteiger partial charge in [0.1, 0.15) is 0 Å². The Balaban J connectivity index is 1.82. The summed E-state index contributed by atoms with van der Waals surface area (Å²) in [5.41, 5.74) is 8.15. The molecule has 0 aliphatic heterocycles. The molecular weight excluding hydrogens is 222 g/mol. The fraction of sp³-hybridized carbons (Fsp3) is 0.400. The van der Waals surface area contributed by atoms with Crippen LogP contribution in [0.3, 0.4) is 0 Å². The first kappa shape index (κ1) is 11.5. The molecule has 18 heavy (non-hydrogen) atoms. The predicted molar refractivity (Wildman–Crippen MR) is 75.6 cm³/mol. The first-order valence-electron chi connectivity index (χ1n) is 6.69. The molecule has 1 aromatic carbocycles. The van der Waals surface area contributed by atoms with Crippen LogP contribution in [-0.2, 0) is 0 Å². The Hall–Kier alpha value is -1.61. The van der Waals surface area contributed by atoms with Crippen molar-refractivity contribution in [1.82, 2.24) is 4.98 Å². The first-order valence-corrected chi connectivity index (χ1v) is 6.69. The Morgan fingerprint density at radius 2 is 1.83 bits per heavy atom. The molecule has 1 fully saturated rings. The Morgan fingerprint density at radius 1 is 1.06 bits per heavy atom. The fourth-order valence-electron chi connectivity index (χ4n) is 2.70. The van der Waals surface area contributed by atoms with E-state index in [0.29, 0.717) is 12.1 Å². The number of aromatic nitrogens is 1. The van der Waals surface area contributed by atoms with E-state index in [1.165, 1.54) is 5.39 Å². The molecular formula is C15H19N3. The number of nitrogens with one attached hydrogen (secondary N) is 1.